The van der Waals surface area contributed by atoms with Crippen LogP contribution in [0.3, 0.4) is 0 Å². The molecule has 0 aliphatic carbocycles. The number of hydrogen-bond acceptors (Lipinski definition) is 3. The molecule has 5 nitrogen and oxygen atoms in total. The van der Waals surface area contributed by atoms with E-state index in [2.05, 4.69) is 6.92 Å². The molecule has 0 spiro atoms. The molecule has 2 fully saturated rings. The zero-order valence-electron chi connectivity index (χ0n) is 10.9. The standard InChI is InChI=1S/C11H23N3O2S.ClH/c1-10-4-2-6-13(8-10)17(15,16)14-7-3-5-11(12)9-14;/h10-11H,2-9,12H2,1H3;1H. The van der Waals surface area contributed by atoms with E-state index in [1.165, 1.54) is 0 Å². The maximum absolute atomic E-state index is 12.4. The quantitative estimate of drug-likeness (QED) is 0.820. The molecular weight excluding hydrogens is 274 g/mol. The molecule has 7 heteroatoms. The predicted octanol–water partition coefficient (Wildman–Crippen LogP) is 0.808. The zero-order valence-corrected chi connectivity index (χ0v) is 12.5. The Morgan fingerprint density at radius 2 is 1.61 bits per heavy atom. The molecule has 18 heavy (non-hydrogen) atoms. The number of halogens is 1. The summed E-state index contributed by atoms with van der Waals surface area (Å²) in [4.78, 5) is 0. The van der Waals surface area contributed by atoms with Crippen LogP contribution < -0.4 is 5.73 Å². The van der Waals surface area contributed by atoms with Crippen LogP contribution in [0.5, 0.6) is 0 Å². The fraction of sp³-hybridized carbons (Fsp3) is 1.00. The molecule has 0 saturated carbocycles. The Hall–Kier alpha value is 0.120. The van der Waals surface area contributed by atoms with Crippen LogP contribution in [-0.4, -0.2) is 49.2 Å². The van der Waals surface area contributed by atoms with Gasteiger partial charge < -0.3 is 5.73 Å². The van der Waals surface area contributed by atoms with E-state index >= 15 is 0 Å². The number of nitrogens with zero attached hydrogens (tertiary/aromatic N) is 2. The van der Waals surface area contributed by atoms with Crippen LogP contribution in [0, 0.1) is 5.92 Å². The van der Waals surface area contributed by atoms with Gasteiger partial charge in [-0.1, -0.05) is 6.92 Å². The third-order valence-electron chi connectivity index (χ3n) is 3.69. The average Bonchev–Trinajstić information content (AvgIpc) is 2.29. The molecule has 2 unspecified atom stereocenters. The van der Waals surface area contributed by atoms with Gasteiger partial charge in [-0.2, -0.15) is 17.0 Å². The average molecular weight is 298 g/mol. The Balaban J connectivity index is 0.00000162. The Morgan fingerprint density at radius 3 is 2.17 bits per heavy atom. The summed E-state index contributed by atoms with van der Waals surface area (Å²) in [5, 5.41) is 0. The van der Waals surface area contributed by atoms with E-state index in [-0.39, 0.29) is 18.4 Å². The van der Waals surface area contributed by atoms with Gasteiger partial charge in [0.15, 0.2) is 0 Å². The Bertz CT molecular complexity index is 335. The van der Waals surface area contributed by atoms with E-state index in [1.54, 1.807) is 8.61 Å². The van der Waals surface area contributed by atoms with E-state index < -0.39 is 10.2 Å². The molecule has 0 aromatic carbocycles. The van der Waals surface area contributed by atoms with Crippen molar-refractivity contribution in [2.45, 2.75) is 38.6 Å². The van der Waals surface area contributed by atoms with Gasteiger partial charge >= 0.3 is 0 Å². The first-order valence-corrected chi connectivity index (χ1v) is 7.90. The van der Waals surface area contributed by atoms with Crippen LogP contribution in [0.2, 0.25) is 0 Å². The van der Waals surface area contributed by atoms with Crippen LogP contribution in [0.1, 0.15) is 32.6 Å². The smallest absolute Gasteiger partial charge is 0.282 e. The molecule has 0 amide bonds. The van der Waals surface area contributed by atoms with Gasteiger partial charge in [-0.05, 0) is 31.6 Å². The summed E-state index contributed by atoms with van der Waals surface area (Å²) < 4.78 is 28.1. The van der Waals surface area contributed by atoms with E-state index in [1.807, 2.05) is 0 Å². The lowest BCUT2D eigenvalue weighted by Gasteiger charge is -2.37. The molecule has 0 bridgehead atoms. The van der Waals surface area contributed by atoms with Crippen LogP contribution >= 0.6 is 12.4 Å². The van der Waals surface area contributed by atoms with Crippen molar-refractivity contribution in [2.75, 3.05) is 26.2 Å². The lowest BCUT2D eigenvalue weighted by atomic mass is 10.0. The second-order valence-corrected chi connectivity index (χ2v) is 7.30. The number of rotatable bonds is 2. The van der Waals surface area contributed by atoms with Crippen molar-refractivity contribution in [1.29, 1.82) is 0 Å². The highest BCUT2D eigenvalue weighted by Gasteiger charge is 2.34. The summed E-state index contributed by atoms with van der Waals surface area (Å²) in [5.41, 5.74) is 5.85. The number of hydrogen-bond donors (Lipinski definition) is 1. The van der Waals surface area contributed by atoms with Crippen LogP contribution in [0.25, 0.3) is 0 Å². The first-order valence-electron chi connectivity index (χ1n) is 6.51. The monoisotopic (exact) mass is 297 g/mol. The summed E-state index contributed by atoms with van der Waals surface area (Å²) in [5.74, 6) is 0.469. The fourth-order valence-electron chi connectivity index (χ4n) is 2.70. The third-order valence-corrected chi connectivity index (χ3v) is 5.66. The topological polar surface area (TPSA) is 66.6 Å². The van der Waals surface area contributed by atoms with Crippen molar-refractivity contribution < 1.29 is 8.42 Å². The molecule has 0 aromatic rings. The molecule has 108 valence electrons. The van der Waals surface area contributed by atoms with Gasteiger partial charge in [-0.3, -0.25) is 0 Å². The molecule has 2 aliphatic rings. The molecule has 2 saturated heterocycles. The molecule has 2 atom stereocenters. The second-order valence-electron chi connectivity index (χ2n) is 5.37. The first-order chi connectivity index (χ1) is 8.00. The normalized spacial score (nSPS) is 31.9. The van der Waals surface area contributed by atoms with Crippen LogP contribution in [0.15, 0.2) is 0 Å². The third kappa shape index (κ3) is 3.57. The van der Waals surface area contributed by atoms with Gasteiger partial charge in [0.1, 0.15) is 0 Å². The molecule has 2 heterocycles. The van der Waals surface area contributed by atoms with Crippen molar-refractivity contribution >= 4 is 22.6 Å². The van der Waals surface area contributed by atoms with Crippen LogP contribution in [-0.2, 0) is 10.2 Å². The van der Waals surface area contributed by atoms with Crippen molar-refractivity contribution in [1.82, 2.24) is 8.61 Å². The van der Waals surface area contributed by atoms with Crippen molar-refractivity contribution in [3.8, 4) is 0 Å². The Morgan fingerprint density at radius 1 is 1.06 bits per heavy atom. The number of nitrogens with two attached hydrogens (primary N) is 1. The van der Waals surface area contributed by atoms with Crippen molar-refractivity contribution in [3.05, 3.63) is 0 Å². The van der Waals surface area contributed by atoms with Crippen molar-refractivity contribution in [3.63, 3.8) is 0 Å². The fourth-order valence-corrected chi connectivity index (χ4v) is 4.57. The van der Waals surface area contributed by atoms with Gasteiger partial charge in [0.05, 0.1) is 0 Å². The lowest BCUT2D eigenvalue weighted by molar-refractivity contribution is 0.241. The summed E-state index contributed by atoms with van der Waals surface area (Å²) in [6.07, 6.45) is 3.91. The predicted molar refractivity (Wildman–Crippen MR) is 74.9 cm³/mol. The maximum Gasteiger partial charge on any atom is 0.282 e. The maximum atomic E-state index is 12.4. The Labute approximate surface area is 116 Å². The van der Waals surface area contributed by atoms with Gasteiger partial charge in [-0.15, -0.1) is 12.4 Å². The van der Waals surface area contributed by atoms with Crippen LogP contribution in [0.4, 0.5) is 0 Å². The van der Waals surface area contributed by atoms with E-state index in [0.29, 0.717) is 32.1 Å². The minimum atomic E-state index is -3.26. The second kappa shape index (κ2) is 6.52. The van der Waals surface area contributed by atoms with E-state index in [0.717, 1.165) is 25.7 Å². The largest absolute Gasteiger partial charge is 0.327 e. The van der Waals surface area contributed by atoms with Gasteiger partial charge in [0, 0.05) is 32.2 Å². The Kier molecular flexibility index (Phi) is 5.86. The summed E-state index contributed by atoms with van der Waals surface area (Å²) in [6.45, 7) is 4.55. The highest BCUT2D eigenvalue weighted by atomic mass is 35.5. The molecule has 2 rings (SSSR count). The molecule has 2 N–H and O–H groups in total. The molecule has 0 aromatic heterocycles. The highest BCUT2D eigenvalue weighted by molar-refractivity contribution is 7.86. The molecular formula is C11H24ClN3O2S. The van der Waals surface area contributed by atoms with Crippen molar-refractivity contribution in [2.24, 2.45) is 11.7 Å². The SMILES string of the molecule is CC1CCCN(S(=O)(=O)N2CCCC(N)C2)C1.Cl. The van der Waals surface area contributed by atoms with E-state index in [9.17, 15) is 8.42 Å². The van der Waals surface area contributed by atoms with Gasteiger partial charge in [0.2, 0.25) is 0 Å². The highest BCUT2D eigenvalue weighted by Crippen LogP contribution is 2.22. The molecule has 0 radical (unpaired) electrons. The minimum Gasteiger partial charge on any atom is -0.327 e. The van der Waals surface area contributed by atoms with E-state index in [4.69, 9.17) is 5.73 Å². The lowest BCUT2D eigenvalue weighted by Crippen LogP contribution is -2.53. The van der Waals surface area contributed by atoms with Gasteiger partial charge in [0.25, 0.3) is 10.2 Å². The zero-order chi connectivity index (χ0) is 12.5. The van der Waals surface area contributed by atoms with Gasteiger partial charge in [-0.25, -0.2) is 0 Å². The summed E-state index contributed by atoms with van der Waals surface area (Å²) >= 11 is 0. The number of piperidine rings is 2. The first kappa shape index (κ1) is 16.2. The minimum absolute atomic E-state index is 0. The molecule has 2 aliphatic heterocycles. The summed E-state index contributed by atoms with van der Waals surface area (Å²) in [7, 11) is -3.26. The summed E-state index contributed by atoms with van der Waals surface area (Å²) in [6, 6.07) is 0.000684.